The van der Waals surface area contributed by atoms with Crippen LogP contribution in [0.4, 0.5) is 5.69 Å². The standard InChI is InChI=1S/C11H16N2O3/c1-8(14)7-12-16-11-5-3-10(4-6-11)13-9(2)15/h3-6,8,12,14H,7H2,1-2H3,(H,13,15). The summed E-state index contributed by atoms with van der Waals surface area (Å²) >= 11 is 0. The summed E-state index contributed by atoms with van der Waals surface area (Å²) in [5.41, 5.74) is 3.34. The second kappa shape index (κ2) is 6.09. The molecule has 1 atom stereocenters. The molecule has 5 heteroatoms. The molecular weight excluding hydrogens is 208 g/mol. The molecular formula is C11H16N2O3. The first kappa shape index (κ1) is 12.5. The van der Waals surface area contributed by atoms with Gasteiger partial charge >= 0.3 is 0 Å². The van der Waals surface area contributed by atoms with E-state index in [0.717, 1.165) is 5.69 Å². The maximum atomic E-state index is 10.8. The van der Waals surface area contributed by atoms with E-state index in [1.165, 1.54) is 6.92 Å². The Morgan fingerprint density at radius 1 is 1.44 bits per heavy atom. The van der Waals surface area contributed by atoms with Crippen molar-refractivity contribution in [2.75, 3.05) is 11.9 Å². The molecule has 0 spiro atoms. The quantitative estimate of drug-likeness (QED) is 0.650. The number of benzene rings is 1. The van der Waals surface area contributed by atoms with E-state index in [4.69, 9.17) is 9.94 Å². The number of amides is 1. The van der Waals surface area contributed by atoms with E-state index in [1.54, 1.807) is 31.2 Å². The molecule has 0 aliphatic heterocycles. The van der Waals surface area contributed by atoms with Gasteiger partial charge in [-0.05, 0) is 31.2 Å². The second-order valence-corrected chi connectivity index (χ2v) is 3.51. The summed E-state index contributed by atoms with van der Waals surface area (Å²) < 4.78 is 0. The third-order valence-electron chi connectivity index (χ3n) is 1.74. The Morgan fingerprint density at radius 2 is 2.06 bits per heavy atom. The highest BCUT2D eigenvalue weighted by molar-refractivity contribution is 5.88. The summed E-state index contributed by atoms with van der Waals surface area (Å²) in [6.45, 7) is 3.47. The summed E-state index contributed by atoms with van der Waals surface area (Å²) in [5.74, 6) is 0.510. The molecule has 0 heterocycles. The Kier molecular flexibility index (Phi) is 4.75. The Bertz CT molecular complexity index is 336. The fraction of sp³-hybridized carbons (Fsp3) is 0.364. The number of rotatable bonds is 5. The number of aliphatic hydroxyl groups excluding tert-OH is 1. The number of carbonyl (C=O) groups is 1. The molecule has 0 aliphatic rings. The number of anilines is 1. The van der Waals surface area contributed by atoms with Crippen LogP contribution in [0.1, 0.15) is 13.8 Å². The number of nitrogens with one attached hydrogen (secondary N) is 2. The van der Waals surface area contributed by atoms with E-state index in [0.29, 0.717) is 12.3 Å². The van der Waals surface area contributed by atoms with Gasteiger partial charge in [-0.2, -0.15) is 5.48 Å². The molecule has 1 rings (SSSR count). The van der Waals surface area contributed by atoms with Crippen molar-refractivity contribution in [2.24, 2.45) is 0 Å². The van der Waals surface area contributed by atoms with Crippen LogP contribution in [0.15, 0.2) is 24.3 Å². The summed E-state index contributed by atoms with van der Waals surface area (Å²) in [7, 11) is 0. The van der Waals surface area contributed by atoms with Crippen LogP contribution in [0.25, 0.3) is 0 Å². The van der Waals surface area contributed by atoms with Crippen molar-refractivity contribution in [3.05, 3.63) is 24.3 Å². The molecule has 0 saturated carbocycles. The van der Waals surface area contributed by atoms with Crippen LogP contribution in [0.2, 0.25) is 0 Å². The Hall–Kier alpha value is -1.59. The van der Waals surface area contributed by atoms with Gasteiger partial charge in [0.25, 0.3) is 0 Å². The van der Waals surface area contributed by atoms with Gasteiger partial charge in [-0.25, -0.2) is 0 Å². The maximum Gasteiger partial charge on any atom is 0.221 e. The first-order valence-electron chi connectivity index (χ1n) is 5.03. The lowest BCUT2D eigenvalue weighted by Crippen LogP contribution is -2.27. The fourth-order valence-electron chi connectivity index (χ4n) is 1.06. The van der Waals surface area contributed by atoms with Gasteiger partial charge in [0.2, 0.25) is 5.91 Å². The normalized spacial score (nSPS) is 11.9. The van der Waals surface area contributed by atoms with Crippen molar-refractivity contribution in [2.45, 2.75) is 20.0 Å². The minimum atomic E-state index is -0.460. The maximum absolute atomic E-state index is 10.8. The molecule has 1 aromatic rings. The minimum absolute atomic E-state index is 0.110. The average Bonchev–Trinajstić information content (AvgIpc) is 2.19. The minimum Gasteiger partial charge on any atom is -0.409 e. The zero-order valence-electron chi connectivity index (χ0n) is 9.36. The van der Waals surface area contributed by atoms with Crippen molar-refractivity contribution in [3.63, 3.8) is 0 Å². The van der Waals surface area contributed by atoms with Gasteiger partial charge in [0, 0.05) is 12.6 Å². The highest BCUT2D eigenvalue weighted by atomic mass is 16.6. The van der Waals surface area contributed by atoms with Crippen LogP contribution >= 0.6 is 0 Å². The third kappa shape index (κ3) is 4.77. The highest BCUT2D eigenvalue weighted by Crippen LogP contribution is 2.14. The summed E-state index contributed by atoms with van der Waals surface area (Å²) in [6.07, 6.45) is -0.460. The molecule has 88 valence electrons. The monoisotopic (exact) mass is 224 g/mol. The van der Waals surface area contributed by atoms with Crippen molar-refractivity contribution >= 4 is 11.6 Å². The Labute approximate surface area is 94.4 Å². The SMILES string of the molecule is CC(=O)Nc1ccc(ONCC(C)O)cc1. The molecule has 16 heavy (non-hydrogen) atoms. The van der Waals surface area contributed by atoms with Gasteiger partial charge in [0.05, 0.1) is 12.6 Å². The Balaban J connectivity index is 2.42. The lowest BCUT2D eigenvalue weighted by atomic mass is 10.3. The second-order valence-electron chi connectivity index (χ2n) is 3.51. The van der Waals surface area contributed by atoms with Gasteiger partial charge in [-0.15, -0.1) is 0 Å². The van der Waals surface area contributed by atoms with E-state index < -0.39 is 6.10 Å². The van der Waals surface area contributed by atoms with E-state index in [9.17, 15) is 4.79 Å². The largest absolute Gasteiger partial charge is 0.409 e. The van der Waals surface area contributed by atoms with Gasteiger partial charge in [0.15, 0.2) is 0 Å². The molecule has 1 aromatic carbocycles. The van der Waals surface area contributed by atoms with E-state index in [2.05, 4.69) is 10.8 Å². The van der Waals surface area contributed by atoms with Crippen LogP contribution in [0, 0.1) is 0 Å². The summed E-state index contributed by atoms with van der Waals surface area (Å²) in [6, 6.07) is 6.92. The molecule has 0 radical (unpaired) electrons. The smallest absolute Gasteiger partial charge is 0.221 e. The zero-order valence-corrected chi connectivity index (χ0v) is 9.36. The van der Waals surface area contributed by atoms with Gasteiger partial charge < -0.3 is 15.3 Å². The zero-order chi connectivity index (χ0) is 12.0. The van der Waals surface area contributed by atoms with Crippen molar-refractivity contribution in [3.8, 4) is 5.75 Å². The molecule has 1 unspecified atom stereocenters. The highest BCUT2D eigenvalue weighted by Gasteiger charge is 1.98. The number of hydroxylamine groups is 1. The fourth-order valence-corrected chi connectivity index (χ4v) is 1.06. The van der Waals surface area contributed by atoms with Crippen LogP contribution in [-0.2, 0) is 4.79 Å². The molecule has 0 bridgehead atoms. The lowest BCUT2D eigenvalue weighted by molar-refractivity contribution is -0.114. The molecule has 3 N–H and O–H groups in total. The molecule has 0 saturated heterocycles. The average molecular weight is 224 g/mol. The van der Waals surface area contributed by atoms with Crippen LogP contribution < -0.4 is 15.6 Å². The molecule has 0 aliphatic carbocycles. The van der Waals surface area contributed by atoms with Gasteiger partial charge in [-0.1, -0.05) is 0 Å². The van der Waals surface area contributed by atoms with Crippen molar-refractivity contribution < 1.29 is 14.7 Å². The van der Waals surface area contributed by atoms with Gasteiger partial charge in [-0.3, -0.25) is 4.79 Å². The number of hydrogen-bond donors (Lipinski definition) is 3. The number of carbonyl (C=O) groups excluding carboxylic acids is 1. The third-order valence-corrected chi connectivity index (χ3v) is 1.74. The molecule has 0 fully saturated rings. The van der Waals surface area contributed by atoms with Gasteiger partial charge in [0.1, 0.15) is 5.75 Å². The summed E-state index contributed by atoms with van der Waals surface area (Å²) in [5, 5.41) is 11.6. The van der Waals surface area contributed by atoms with Crippen molar-refractivity contribution in [1.82, 2.24) is 5.48 Å². The van der Waals surface area contributed by atoms with Crippen LogP contribution in [0.5, 0.6) is 5.75 Å². The molecule has 1 amide bonds. The first-order chi connectivity index (χ1) is 7.58. The number of aliphatic hydroxyl groups is 1. The topological polar surface area (TPSA) is 70.6 Å². The summed E-state index contributed by atoms with van der Waals surface area (Å²) in [4.78, 5) is 15.9. The molecule has 0 aromatic heterocycles. The molecule has 5 nitrogen and oxygen atoms in total. The van der Waals surface area contributed by atoms with Crippen LogP contribution in [0.3, 0.4) is 0 Å². The van der Waals surface area contributed by atoms with Crippen molar-refractivity contribution in [1.29, 1.82) is 0 Å². The van der Waals surface area contributed by atoms with Crippen LogP contribution in [-0.4, -0.2) is 23.7 Å². The van der Waals surface area contributed by atoms with E-state index in [1.807, 2.05) is 0 Å². The first-order valence-corrected chi connectivity index (χ1v) is 5.03. The Morgan fingerprint density at radius 3 is 2.56 bits per heavy atom. The van der Waals surface area contributed by atoms with E-state index in [-0.39, 0.29) is 5.91 Å². The number of hydrogen-bond acceptors (Lipinski definition) is 4. The van der Waals surface area contributed by atoms with E-state index >= 15 is 0 Å². The predicted octanol–water partition coefficient (Wildman–Crippen LogP) is 0.909. The lowest BCUT2D eigenvalue weighted by Gasteiger charge is -2.09. The predicted molar refractivity (Wildman–Crippen MR) is 61.1 cm³/mol.